The quantitative estimate of drug-likeness (QED) is 0.650. The van der Waals surface area contributed by atoms with Gasteiger partial charge in [-0.1, -0.05) is 0 Å². The van der Waals surface area contributed by atoms with Crippen molar-refractivity contribution in [1.82, 2.24) is 5.32 Å². The molecule has 1 aromatic carbocycles. The maximum Gasteiger partial charge on any atom is 0.335 e. The first-order valence-electron chi connectivity index (χ1n) is 4.03. The van der Waals surface area contributed by atoms with Gasteiger partial charge >= 0.3 is 11.8 Å². The predicted octanol–water partition coefficient (Wildman–Crippen LogP) is 0.551. The number of hydrogen-bond donors (Lipinski definition) is 1. The van der Waals surface area contributed by atoms with Gasteiger partial charge in [-0.05, 0) is 0 Å². The number of halogens is 2. The number of nitrogens with zero attached hydrogens (tertiary/aromatic N) is 2. The molecular weight excluding hydrogens is 220 g/mol. The number of benzene rings is 1. The van der Waals surface area contributed by atoms with Gasteiger partial charge in [0.05, 0.1) is 5.69 Å². The number of carbonyl (C=O) groups excluding carboxylic acids is 2. The van der Waals surface area contributed by atoms with Gasteiger partial charge in [0.25, 0.3) is 0 Å². The fourth-order valence-corrected chi connectivity index (χ4v) is 1.26. The first-order chi connectivity index (χ1) is 7.54. The molecule has 1 aliphatic heterocycles. The highest BCUT2D eigenvalue weighted by atomic mass is 19.2. The van der Waals surface area contributed by atoms with Gasteiger partial charge in [0.2, 0.25) is 0 Å². The summed E-state index contributed by atoms with van der Waals surface area (Å²) in [5, 5.41) is 13.8. The molecule has 1 radical (unpaired) electrons. The van der Waals surface area contributed by atoms with E-state index in [0.717, 1.165) is 0 Å². The van der Waals surface area contributed by atoms with E-state index in [1.54, 1.807) is 0 Å². The highest BCUT2D eigenvalue weighted by molar-refractivity contribution is 6.42. The van der Waals surface area contributed by atoms with E-state index in [9.17, 15) is 18.4 Å². The van der Waals surface area contributed by atoms with Crippen molar-refractivity contribution in [3.05, 3.63) is 23.3 Å². The Kier molecular flexibility index (Phi) is 2.05. The summed E-state index contributed by atoms with van der Waals surface area (Å²) < 4.78 is 26.1. The zero-order valence-electron chi connectivity index (χ0n) is 7.54. The van der Waals surface area contributed by atoms with Crippen LogP contribution in [0.5, 0.6) is 0 Å². The molecule has 1 heterocycles. The summed E-state index contributed by atoms with van der Waals surface area (Å²) in [5.74, 6) is -4.90. The van der Waals surface area contributed by atoms with Gasteiger partial charge in [0.15, 0.2) is 11.6 Å². The van der Waals surface area contributed by atoms with Crippen LogP contribution >= 0.6 is 0 Å². The normalized spacial score (nSPS) is 13.6. The summed E-state index contributed by atoms with van der Waals surface area (Å²) >= 11 is 0. The van der Waals surface area contributed by atoms with Gasteiger partial charge in [0, 0.05) is 6.07 Å². The van der Waals surface area contributed by atoms with Crippen LogP contribution in [0, 0.1) is 23.0 Å². The number of nitrogens with one attached hydrogen (secondary N) is 1. The van der Waals surface area contributed by atoms with Crippen LogP contribution in [0.3, 0.4) is 0 Å². The first kappa shape index (κ1) is 10.0. The molecule has 0 aliphatic carbocycles. The molecule has 16 heavy (non-hydrogen) atoms. The van der Waals surface area contributed by atoms with Crippen molar-refractivity contribution in [1.29, 1.82) is 5.26 Å². The van der Waals surface area contributed by atoms with Crippen LogP contribution in [0.1, 0.15) is 5.56 Å². The highest BCUT2D eigenvalue weighted by Gasteiger charge is 2.30. The smallest absolute Gasteiger partial charge is 0.316 e. The minimum Gasteiger partial charge on any atom is -0.316 e. The molecule has 1 aliphatic rings. The molecule has 0 spiro atoms. The Balaban J connectivity index is 2.70. The molecule has 5 nitrogen and oxygen atoms in total. The average Bonchev–Trinajstić information content (AvgIpc) is 2.24. The predicted molar refractivity (Wildman–Crippen MR) is 46.5 cm³/mol. The molecule has 2 rings (SSSR count). The Hall–Kier alpha value is -2.49. The van der Waals surface area contributed by atoms with E-state index in [0.29, 0.717) is 6.07 Å². The van der Waals surface area contributed by atoms with Crippen molar-refractivity contribution >= 4 is 23.2 Å². The number of anilines is 1. The van der Waals surface area contributed by atoms with Crippen LogP contribution in [-0.4, -0.2) is 11.8 Å². The fourth-order valence-electron chi connectivity index (χ4n) is 1.26. The molecule has 0 fully saturated rings. The second-order valence-electron chi connectivity index (χ2n) is 2.93. The molecule has 0 saturated heterocycles. The van der Waals surface area contributed by atoms with E-state index >= 15 is 0 Å². The Morgan fingerprint density at radius 3 is 2.69 bits per heavy atom. The lowest BCUT2D eigenvalue weighted by molar-refractivity contribution is -0.135. The van der Waals surface area contributed by atoms with Gasteiger partial charge in [-0.15, -0.1) is 0 Å². The topological polar surface area (TPSA) is 84.1 Å². The third kappa shape index (κ3) is 1.28. The number of rotatable bonds is 0. The largest absolute Gasteiger partial charge is 0.335 e. The van der Waals surface area contributed by atoms with Crippen molar-refractivity contribution in [3.63, 3.8) is 0 Å². The van der Waals surface area contributed by atoms with E-state index in [2.05, 4.69) is 5.32 Å². The van der Waals surface area contributed by atoms with Crippen LogP contribution in [0.2, 0.25) is 0 Å². The van der Waals surface area contributed by atoms with Crippen molar-refractivity contribution in [3.8, 4) is 6.07 Å². The number of amides is 2. The highest BCUT2D eigenvalue weighted by Crippen LogP contribution is 2.32. The van der Waals surface area contributed by atoms with Gasteiger partial charge in [-0.2, -0.15) is 5.26 Å². The van der Waals surface area contributed by atoms with E-state index in [1.165, 1.54) is 6.07 Å². The summed E-state index contributed by atoms with van der Waals surface area (Å²) in [6.07, 6.45) is 0. The van der Waals surface area contributed by atoms with E-state index in [4.69, 9.17) is 5.26 Å². The van der Waals surface area contributed by atoms with Gasteiger partial charge in [-0.25, -0.2) is 14.1 Å². The Labute approximate surface area is 87.7 Å². The lowest BCUT2D eigenvalue weighted by Gasteiger charge is -2.16. The Morgan fingerprint density at radius 2 is 2.06 bits per heavy atom. The molecule has 1 aromatic rings. The molecular formula is C9H2F2N3O2. The summed E-state index contributed by atoms with van der Waals surface area (Å²) in [6.45, 7) is 0. The molecule has 0 aromatic heterocycles. The van der Waals surface area contributed by atoms with Crippen LogP contribution in [0.4, 0.5) is 20.2 Å². The zero-order valence-corrected chi connectivity index (χ0v) is 7.54. The van der Waals surface area contributed by atoms with Crippen LogP contribution < -0.4 is 10.6 Å². The Bertz CT molecular complexity index is 563. The van der Waals surface area contributed by atoms with E-state index < -0.39 is 29.0 Å². The second-order valence-corrected chi connectivity index (χ2v) is 2.93. The lowest BCUT2D eigenvalue weighted by atomic mass is 10.1. The molecule has 1 N–H and O–H groups in total. The fraction of sp³-hybridized carbons (Fsp3) is 0. The van der Waals surface area contributed by atoms with Crippen LogP contribution in [0.25, 0.3) is 0 Å². The average molecular weight is 222 g/mol. The molecule has 0 bridgehead atoms. The number of carbonyl (C=O) groups is 2. The maximum absolute atomic E-state index is 13.1. The summed E-state index contributed by atoms with van der Waals surface area (Å²) in [4.78, 5) is 21.8. The van der Waals surface area contributed by atoms with Crippen molar-refractivity contribution in [2.24, 2.45) is 0 Å². The van der Waals surface area contributed by atoms with Crippen LogP contribution in [0.15, 0.2) is 6.07 Å². The van der Waals surface area contributed by atoms with E-state index in [1.807, 2.05) is 5.32 Å². The minimum absolute atomic E-state index is 0.194. The monoisotopic (exact) mass is 222 g/mol. The van der Waals surface area contributed by atoms with Crippen molar-refractivity contribution in [2.45, 2.75) is 0 Å². The SMILES string of the molecule is N#Cc1c(F)c(F)cc2c1[N]C(=O)C(=O)N2. The van der Waals surface area contributed by atoms with Crippen molar-refractivity contribution < 1.29 is 18.4 Å². The second kappa shape index (κ2) is 3.27. The summed E-state index contributed by atoms with van der Waals surface area (Å²) in [7, 11) is 0. The third-order valence-corrected chi connectivity index (χ3v) is 1.96. The standard InChI is InChI=1S/C9H2F2N3O2/c10-4-1-5-7(3(2-12)6(4)11)14-9(16)8(15)13-5/h1H,(H,13,15). The first-order valence-corrected chi connectivity index (χ1v) is 4.03. The number of nitriles is 1. The Morgan fingerprint density at radius 1 is 1.38 bits per heavy atom. The van der Waals surface area contributed by atoms with Crippen molar-refractivity contribution in [2.75, 3.05) is 5.32 Å². The van der Waals surface area contributed by atoms with Crippen LogP contribution in [-0.2, 0) is 9.59 Å². The van der Waals surface area contributed by atoms with Gasteiger partial charge in [-0.3, -0.25) is 9.59 Å². The zero-order chi connectivity index (χ0) is 11.9. The minimum atomic E-state index is -1.39. The molecule has 0 atom stereocenters. The van der Waals surface area contributed by atoms with E-state index in [-0.39, 0.29) is 11.4 Å². The lowest BCUT2D eigenvalue weighted by Crippen LogP contribution is -2.34. The number of fused-ring (bicyclic) bond motifs is 1. The molecule has 0 unspecified atom stereocenters. The van der Waals surface area contributed by atoms with Gasteiger partial charge < -0.3 is 5.32 Å². The maximum atomic E-state index is 13.1. The molecule has 79 valence electrons. The summed E-state index contributed by atoms with van der Waals surface area (Å²) in [5.41, 5.74) is -1.26. The molecule has 2 amide bonds. The molecule has 7 heteroatoms. The molecule has 0 saturated carbocycles. The third-order valence-electron chi connectivity index (χ3n) is 1.96. The van der Waals surface area contributed by atoms with Gasteiger partial charge in [0.1, 0.15) is 17.3 Å². The summed E-state index contributed by atoms with van der Waals surface area (Å²) in [6, 6.07) is 2.05. The number of hydrogen-bond acceptors (Lipinski definition) is 3.